The van der Waals surface area contributed by atoms with Crippen molar-refractivity contribution < 1.29 is 9.13 Å². The number of anilines is 1. The first-order valence-electron chi connectivity index (χ1n) is 6.24. The second-order valence-corrected chi connectivity index (χ2v) is 4.43. The number of methoxy groups -OCH3 is 1. The Balaban J connectivity index is 2.00. The van der Waals surface area contributed by atoms with E-state index in [1.807, 2.05) is 4.90 Å². The van der Waals surface area contributed by atoms with E-state index in [2.05, 4.69) is 15.3 Å². The van der Waals surface area contributed by atoms with Gasteiger partial charge in [0.15, 0.2) is 5.82 Å². The van der Waals surface area contributed by atoms with E-state index in [1.54, 1.807) is 7.11 Å². The van der Waals surface area contributed by atoms with Crippen LogP contribution in [0.15, 0.2) is 12.4 Å². The summed E-state index contributed by atoms with van der Waals surface area (Å²) in [6, 6.07) is 0.454. The maximum absolute atomic E-state index is 12.8. The Labute approximate surface area is 106 Å². The summed E-state index contributed by atoms with van der Waals surface area (Å²) < 4.78 is 17.9. The van der Waals surface area contributed by atoms with Gasteiger partial charge in [-0.3, -0.25) is 0 Å². The first kappa shape index (κ1) is 13.2. The summed E-state index contributed by atoms with van der Waals surface area (Å²) in [5, 5.41) is 3.43. The van der Waals surface area contributed by atoms with Gasteiger partial charge in [-0.2, -0.15) is 0 Å². The normalized spacial score (nSPS) is 19.1. The molecule has 1 saturated heterocycles. The third-order valence-electron chi connectivity index (χ3n) is 3.06. The molecule has 1 aromatic heterocycles. The van der Waals surface area contributed by atoms with Crippen LogP contribution in [0.2, 0.25) is 0 Å². The zero-order valence-corrected chi connectivity index (χ0v) is 10.6. The zero-order valence-electron chi connectivity index (χ0n) is 10.6. The van der Waals surface area contributed by atoms with E-state index >= 15 is 0 Å². The molecule has 1 fully saturated rings. The van der Waals surface area contributed by atoms with E-state index in [4.69, 9.17) is 4.74 Å². The lowest BCUT2D eigenvalue weighted by atomic mass is 10.2. The van der Waals surface area contributed by atoms with Gasteiger partial charge in [0.2, 0.25) is 5.95 Å². The van der Waals surface area contributed by atoms with Crippen molar-refractivity contribution in [2.24, 2.45) is 0 Å². The second kappa shape index (κ2) is 6.61. The maximum Gasteiger partial charge on any atom is 0.225 e. The molecule has 2 rings (SSSR count). The fourth-order valence-corrected chi connectivity index (χ4v) is 2.12. The van der Waals surface area contributed by atoms with Gasteiger partial charge in [0, 0.05) is 26.2 Å². The summed E-state index contributed by atoms with van der Waals surface area (Å²) in [5.41, 5.74) is 0. The number of hydrogen-bond donors (Lipinski definition) is 1. The summed E-state index contributed by atoms with van der Waals surface area (Å²) in [4.78, 5) is 10.1. The van der Waals surface area contributed by atoms with Crippen molar-refractivity contribution in [3.8, 4) is 0 Å². The molecule has 0 aliphatic carbocycles. The first-order chi connectivity index (χ1) is 8.79. The lowest BCUT2D eigenvalue weighted by Crippen LogP contribution is -2.40. The van der Waals surface area contributed by atoms with Crippen LogP contribution in [0.1, 0.15) is 12.8 Å². The smallest absolute Gasteiger partial charge is 0.225 e. The van der Waals surface area contributed by atoms with E-state index in [1.165, 1.54) is 18.8 Å². The largest absolute Gasteiger partial charge is 0.383 e. The molecule has 0 bridgehead atoms. The number of aromatic nitrogens is 2. The topological polar surface area (TPSA) is 50.3 Å². The van der Waals surface area contributed by atoms with Crippen molar-refractivity contribution in [2.45, 2.75) is 18.9 Å². The molecule has 0 amide bonds. The van der Waals surface area contributed by atoms with Gasteiger partial charge in [0.1, 0.15) is 0 Å². The van der Waals surface area contributed by atoms with Crippen LogP contribution < -0.4 is 10.2 Å². The van der Waals surface area contributed by atoms with Gasteiger partial charge in [-0.25, -0.2) is 14.4 Å². The van der Waals surface area contributed by atoms with Crippen LogP contribution in [0.5, 0.6) is 0 Å². The van der Waals surface area contributed by atoms with Crippen molar-refractivity contribution in [3.63, 3.8) is 0 Å². The third-order valence-corrected chi connectivity index (χ3v) is 3.06. The van der Waals surface area contributed by atoms with Crippen LogP contribution in [0.3, 0.4) is 0 Å². The molecule has 0 saturated carbocycles. The molecular formula is C12H19FN4O. The summed E-state index contributed by atoms with van der Waals surface area (Å²) in [7, 11) is 1.66. The Morgan fingerprint density at radius 2 is 2.28 bits per heavy atom. The van der Waals surface area contributed by atoms with Crippen molar-refractivity contribution in [2.75, 3.05) is 38.3 Å². The van der Waals surface area contributed by atoms with Gasteiger partial charge in [0.05, 0.1) is 19.0 Å². The highest BCUT2D eigenvalue weighted by Gasteiger charge is 2.19. The van der Waals surface area contributed by atoms with Gasteiger partial charge in [-0.1, -0.05) is 0 Å². The molecule has 0 radical (unpaired) electrons. The number of nitrogens with one attached hydrogen (secondary N) is 1. The zero-order chi connectivity index (χ0) is 12.8. The number of hydrogen-bond acceptors (Lipinski definition) is 5. The SMILES string of the molecule is COCCN(CC1CCCN1)c1ncc(F)cn1. The van der Waals surface area contributed by atoms with Crippen molar-refractivity contribution in [1.82, 2.24) is 15.3 Å². The Morgan fingerprint density at radius 3 is 2.89 bits per heavy atom. The number of halogens is 1. The van der Waals surface area contributed by atoms with Crippen molar-refractivity contribution in [1.29, 1.82) is 0 Å². The molecule has 0 aromatic carbocycles. The van der Waals surface area contributed by atoms with Crippen molar-refractivity contribution >= 4 is 5.95 Å². The lowest BCUT2D eigenvalue weighted by Gasteiger charge is -2.25. The fraction of sp³-hybridized carbons (Fsp3) is 0.667. The molecule has 1 N–H and O–H groups in total. The summed E-state index contributed by atoms with van der Waals surface area (Å²) in [6.45, 7) is 3.20. The van der Waals surface area contributed by atoms with Crippen LogP contribution in [0.4, 0.5) is 10.3 Å². The van der Waals surface area contributed by atoms with E-state index in [0.717, 1.165) is 19.5 Å². The summed E-state index contributed by atoms with van der Waals surface area (Å²) in [5.74, 6) is 0.145. The minimum Gasteiger partial charge on any atom is -0.383 e. The first-order valence-corrected chi connectivity index (χ1v) is 6.24. The van der Waals surface area contributed by atoms with Crippen LogP contribution in [0, 0.1) is 5.82 Å². The molecular weight excluding hydrogens is 235 g/mol. The number of ether oxygens (including phenoxy) is 1. The minimum atomic E-state index is -0.413. The number of nitrogens with zero attached hydrogens (tertiary/aromatic N) is 3. The molecule has 5 nitrogen and oxygen atoms in total. The molecule has 2 heterocycles. The Morgan fingerprint density at radius 1 is 1.50 bits per heavy atom. The van der Waals surface area contributed by atoms with Crippen LogP contribution >= 0.6 is 0 Å². The summed E-state index contributed by atoms with van der Waals surface area (Å²) in [6.07, 6.45) is 4.76. The van der Waals surface area contributed by atoms with Gasteiger partial charge in [-0.05, 0) is 19.4 Å². The monoisotopic (exact) mass is 254 g/mol. The van der Waals surface area contributed by atoms with Gasteiger partial charge in [-0.15, -0.1) is 0 Å². The molecule has 0 spiro atoms. The lowest BCUT2D eigenvalue weighted by molar-refractivity contribution is 0.204. The number of rotatable bonds is 6. The second-order valence-electron chi connectivity index (χ2n) is 4.43. The Hall–Kier alpha value is -1.27. The maximum atomic E-state index is 12.8. The average molecular weight is 254 g/mol. The molecule has 18 heavy (non-hydrogen) atoms. The fourth-order valence-electron chi connectivity index (χ4n) is 2.12. The van der Waals surface area contributed by atoms with E-state index in [0.29, 0.717) is 25.1 Å². The van der Waals surface area contributed by atoms with Crippen molar-refractivity contribution in [3.05, 3.63) is 18.2 Å². The molecule has 6 heteroatoms. The van der Waals surface area contributed by atoms with E-state index in [9.17, 15) is 4.39 Å². The van der Waals surface area contributed by atoms with Gasteiger partial charge in [0.25, 0.3) is 0 Å². The van der Waals surface area contributed by atoms with E-state index < -0.39 is 5.82 Å². The average Bonchev–Trinajstić information content (AvgIpc) is 2.88. The summed E-state index contributed by atoms with van der Waals surface area (Å²) >= 11 is 0. The standard InChI is InChI=1S/C12H19FN4O/c1-18-6-5-17(9-11-3-2-4-14-11)12-15-7-10(13)8-16-12/h7-8,11,14H,2-6,9H2,1H3. The third kappa shape index (κ3) is 3.61. The Bertz CT molecular complexity index is 354. The minimum absolute atomic E-state index is 0.413. The van der Waals surface area contributed by atoms with Gasteiger partial charge < -0.3 is 15.0 Å². The van der Waals surface area contributed by atoms with Crippen LogP contribution in [0.25, 0.3) is 0 Å². The molecule has 1 unspecified atom stereocenters. The van der Waals surface area contributed by atoms with Gasteiger partial charge >= 0.3 is 0 Å². The highest BCUT2D eigenvalue weighted by molar-refractivity contribution is 5.29. The molecule has 1 aliphatic rings. The molecule has 100 valence electrons. The predicted molar refractivity (Wildman–Crippen MR) is 67.1 cm³/mol. The van der Waals surface area contributed by atoms with Crippen LogP contribution in [-0.2, 0) is 4.74 Å². The molecule has 1 atom stereocenters. The predicted octanol–water partition coefficient (Wildman–Crippen LogP) is 0.820. The van der Waals surface area contributed by atoms with E-state index in [-0.39, 0.29) is 0 Å². The highest BCUT2D eigenvalue weighted by Crippen LogP contribution is 2.12. The highest BCUT2D eigenvalue weighted by atomic mass is 19.1. The molecule has 1 aromatic rings. The quantitative estimate of drug-likeness (QED) is 0.814. The molecule has 1 aliphatic heterocycles. The Kier molecular flexibility index (Phi) is 4.83. The van der Waals surface area contributed by atoms with Crippen LogP contribution in [-0.4, -0.2) is 49.4 Å².